The van der Waals surface area contributed by atoms with E-state index in [4.69, 9.17) is 4.42 Å². The molecule has 0 radical (unpaired) electrons. The number of oxazole rings is 1. The molecule has 1 fully saturated rings. The third kappa shape index (κ3) is 2.58. The summed E-state index contributed by atoms with van der Waals surface area (Å²) in [5, 5.41) is 0. The third-order valence-electron chi connectivity index (χ3n) is 2.95. The maximum absolute atomic E-state index is 5.72. The molecule has 1 aliphatic rings. The monoisotopic (exact) mass is 233 g/mol. The van der Waals surface area contributed by atoms with Crippen LogP contribution in [0.3, 0.4) is 0 Å². The van der Waals surface area contributed by atoms with Crippen LogP contribution in [0.15, 0.2) is 17.1 Å². The van der Waals surface area contributed by atoms with E-state index < -0.39 is 0 Å². The van der Waals surface area contributed by atoms with Crippen molar-refractivity contribution >= 4 is 18.2 Å². The number of nitrogens with zero attached hydrogens (tertiary/aromatic N) is 3. The highest BCUT2D eigenvalue weighted by atomic mass is 16.4. The summed E-state index contributed by atoms with van der Waals surface area (Å²) in [5.74, 6) is 0.747. The Kier molecular flexibility index (Phi) is 3.64. The Labute approximate surface area is 102 Å². The molecule has 4 nitrogen and oxygen atoms in total. The highest BCUT2D eigenvalue weighted by Gasteiger charge is 2.19. The molecule has 1 aliphatic heterocycles. The topological polar surface area (TPSA) is 32.5 Å². The molecule has 0 saturated carbocycles. The van der Waals surface area contributed by atoms with Gasteiger partial charge in [0.1, 0.15) is 5.69 Å². The van der Waals surface area contributed by atoms with Crippen LogP contribution in [-0.4, -0.2) is 43.1 Å². The smallest absolute Gasteiger partial charge is 0.298 e. The van der Waals surface area contributed by atoms with Crippen molar-refractivity contribution in [2.75, 3.05) is 38.1 Å². The molecular weight excluding hydrogens is 214 g/mol. The fourth-order valence-corrected chi connectivity index (χ4v) is 1.89. The summed E-state index contributed by atoms with van der Waals surface area (Å²) >= 11 is 0. The minimum Gasteiger partial charge on any atom is -0.423 e. The summed E-state index contributed by atoms with van der Waals surface area (Å²) < 4.78 is 5.72. The molecule has 2 heterocycles. The van der Waals surface area contributed by atoms with Gasteiger partial charge in [0, 0.05) is 26.2 Å². The van der Waals surface area contributed by atoms with E-state index in [-0.39, 0.29) is 0 Å². The molecule has 1 aromatic rings. The Morgan fingerprint density at radius 2 is 2.00 bits per heavy atom. The summed E-state index contributed by atoms with van der Waals surface area (Å²) in [7, 11) is 2.13. The van der Waals surface area contributed by atoms with Gasteiger partial charge in [-0.05, 0) is 26.1 Å². The summed E-state index contributed by atoms with van der Waals surface area (Å²) in [5.41, 5.74) is 0.858. The fourth-order valence-electron chi connectivity index (χ4n) is 1.89. The molecule has 1 aromatic heterocycles. The number of hydrogen-bond acceptors (Lipinski definition) is 4. The second-order valence-corrected chi connectivity index (χ2v) is 4.24. The first kappa shape index (κ1) is 11.9. The van der Waals surface area contributed by atoms with Crippen molar-refractivity contribution < 1.29 is 4.42 Å². The van der Waals surface area contributed by atoms with E-state index in [0.29, 0.717) is 6.01 Å². The lowest BCUT2D eigenvalue weighted by molar-refractivity contribution is 0.304. The van der Waals surface area contributed by atoms with Crippen molar-refractivity contribution in [3.63, 3.8) is 0 Å². The van der Waals surface area contributed by atoms with Crippen molar-refractivity contribution in [1.29, 1.82) is 0 Å². The number of aromatic nitrogens is 1. The molecule has 0 unspecified atom stereocenters. The van der Waals surface area contributed by atoms with Crippen molar-refractivity contribution in [3.8, 4) is 0 Å². The van der Waals surface area contributed by atoms with Gasteiger partial charge in [-0.1, -0.05) is 12.7 Å². The van der Waals surface area contributed by atoms with Crippen molar-refractivity contribution in [3.05, 3.63) is 24.1 Å². The van der Waals surface area contributed by atoms with Crippen LogP contribution < -0.4 is 4.90 Å². The van der Waals surface area contributed by atoms with E-state index in [0.717, 1.165) is 37.6 Å². The van der Waals surface area contributed by atoms with Crippen LogP contribution in [0.4, 0.5) is 6.01 Å². The Morgan fingerprint density at radius 1 is 1.29 bits per heavy atom. The van der Waals surface area contributed by atoms with Gasteiger partial charge in [0.25, 0.3) is 6.01 Å². The Bertz CT molecular complexity index is 414. The summed E-state index contributed by atoms with van der Waals surface area (Å²) in [4.78, 5) is 8.99. The lowest BCUT2D eigenvalue weighted by Crippen LogP contribution is -2.44. The van der Waals surface area contributed by atoms with Gasteiger partial charge in [-0.25, -0.2) is 0 Å². The molecule has 2 rings (SSSR count). The Morgan fingerprint density at radius 3 is 2.59 bits per heavy atom. The van der Waals surface area contributed by atoms with Gasteiger partial charge in [0.05, 0.1) is 0 Å². The molecule has 17 heavy (non-hydrogen) atoms. The first-order valence-electron chi connectivity index (χ1n) is 5.94. The van der Waals surface area contributed by atoms with E-state index in [9.17, 15) is 0 Å². The maximum Gasteiger partial charge on any atom is 0.298 e. The highest BCUT2D eigenvalue weighted by Crippen LogP contribution is 2.22. The van der Waals surface area contributed by atoms with Crippen LogP contribution in [0.2, 0.25) is 0 Å². The molecule has 0 amide bonds. The lowest BCUT2D eigenvalue weighted by Gasteiger charge is -2.31. The molecule has 0 aromatic carbocycles. The number of piperazine rings is 1. The maximum atomic E-state index is 5.72. The molecule has 0 aliphatic carbocycles. The molecule has 0 bridgehead atoms. The quantitative estimate of drug-likeness (QED) is 0.800. The fraction of sp³-hybridized carbons (Fsp3) is 0.462. The molecule has 4 heteroatoms. The van der Waals surface area contributed by atoms with Crippen LogP contribution in [0.1, 0.15) is 18.4 Å². The molecule has 0 spiro atoms. The second kappa shape index (κ2) is 5.19. The predicted molar refractivity (Wildman–Crippen MR) is 71.0 cm³/mol. The molecular formula is C13H19N3O. The number of allylic oxidation sites excluding steroid dienone is 1. The zero-order valence-corrected chi connectivity index (χ0v) is 10.5. The van der Waals surface area contributed by atoms with Crippen LogP contribution in [0.5, 0.6) is 0 Å². The predicted octanol–water partition coefficient (Wildman–Crippen LogP) is 2.10. The van der Waals surface area contributed by atoms with E-state index in [2.05, 4.69) is 28.4 Å². The number of rotatable bonds is 3. The number of hydrogen-bond donors (Lipinski definition) is 0. The van der Waals surface area contributed by atoms with Gasteiger partial charge >= 0.3 is 0 Å². The zero-order valence-electron chi connectivity index (χ0n) is 10.5. The van der Waals surface area contributed by atoms with Gasteiger partial charge in [0.2, 0.25) is 0 Å². The Hall–Kier alpha value is -1.55. The summed E-state index contributed by atoms with van der Waals surface area (Å²) in [6, 6.07) is 0.709. The van der Waals surface area contributed by atoms with E-state index in [1.54, 1.807) is 6.08 Å². The molecule has 1 saturated heterocycles. The number of likely N-dealkylation sites (N-methyl/N-ethyl adjacent to an activating group) is 1. The minimum absolute atomic E-state index is 0.709. The summed E-state index contributed by atoms with van der Waals surface area (Å²) in [6.07, 6.45) is 5.61. The van der Waals surface area contributed by atoms with Crippen LogP contribution >= 0.6 is 0 Å². The zero-order chi connectivity index (χ0) is 12.3. The van der Waals surface area contributed by atoms with Crippen molar-refractivity contribution in [1.82, 2.24) is 9.88 Å². The highest BCUT2D eigenvalue weighted by molar-refractivity contribution is 5.59. The second-order valence-electron chi connectivity index (χ2n) is 4.24. The number of anilines is 1. The normalized spacial score (nSPS) is 17.9. The average molecular weight is 233 g/mol. The van der Waals surface area contributed by atoms with E-state index in [1.165, 1.54) is 0 Å². The third-order valence-corrected chi connectivity index (χ3v) is 2.95. The van der Waals surface area contributed by atoms with Crippen LogP contribution in [0.25, 0.3) is 12.2 Å². The van der Waals surface area contributed by atoms with E-state index in [1.807, 2.05) is 19.1 Å². The van der Waals surface area contributed by atoms with Crippen LogP contribution in [0, 0.1) is 0 Å². The molecule has 0 N–H and O–H groups in total. The first-order valence-corrected chi connectivity index (χ1v) is 5.94. The minimum atomic E-state index is 0.709. The largest absolute Gasteiger partial charge is 0.423 e. The van der Waals surface area contributed by atoms with Gasteiger partial charge < -0.3 is 14.2 Å². The van der Waals surface area contributed by atoms with Crippen molar-refractivity contribution in [2.45, 2.75) is 6.92 Å². The average Bonchev–Trinajstić information content (AvgIpc) is 2.74. The first-order chi connectivity index (χ1) is 8.24. The van der Waals surface area contributed by atoms with Gasteiger partial charge in [-0.3, -0.25) is 0 Å². The van der Waals surface area contributed by atoms with Gasteiger partial charge in [0.15, 0.2) is 5.76 Å². The van der Waals surface area contributed by atoms with Gasteiger partial charge in [-0.15, -0.1) is 0 Å². The molecule has 0 atom stereocenters. The standard InChI is InChI=1S/C13H19N3O/c1-4-6-11-12(5-2)17-13(14-11)16-9-7-15(3)8-10-16/h4-6H,2,7-10H2,1,3H3/b6-4-. The van der Waals surface area contributed by atoms with Gasteiger partial charge in [-0.2, -0.15) is 4.98 Å². The van der Waals surface area contributed by atoms with E-state index >= 15 is 0 Å². The summed E-state index contributed by atoms with van der Waals surface area (Å²) in [6.45, 7) is 9.73. The van der Waals surface area contributed by atoms with Crippen LogP contribution in [-0.2, 0) is 0 Å². The lowest BCUT2D eigenvalue weighted by atomic mass is 10.3. The molecule has 92 valence electrons. The van der Waals surface area contributed by atoms with Crippen molar-refractivity contribution in [2.24, 2.45) is 0 Å². The SMILES string of the molecule is C=Cc1oc(N2CCN(C)CC2)nc1/C=C\C. The Balaban J connectivity index is 2.18.